The van der Waals surface area contributed by atoms with E-state index in [4.69, 9.17) is 14.5 Å². The van der Waals surface area contributed by atoms with Crippen LogP contribution in [0.15, 0.2) is 53.6 Å². The minimum atomic E-state index is -0.240. The van der Waals surface area contributed by atoms with Gasteiger partial charge in [-0.15, -0.1) is 0 Å². The molecule has 3 aromatic rings. The van der Waals surface area contributed by atoms with Crippen molar-refractivity contribution in [3.05, 3.63) is 48.5 Å². The van der Waals surface area contributed by atoms with Crippen LogP contribution in [0, 0.1) is 0 Å². The lowest BCUT2D eigenvalue weighted by Crippen LogP contribution is -2.29. The van der Waals surface area contributed by atoms with Gasteiger partial charge in [0.15, 0.2) is 0 Å². The lowest BCUT2D eigenvalue weighted by molar-refractivity contribution is -0.127. The number of rotatable bonds is 6. The number of carbonyl (C=O) groups excluding carboxylic acids is 1. The summed E-state index contributed by atoms with van der Waals surface area (Å²) in [5.41, 5.74) is 2.84. The van der Waals surface area contributed by atoms with Crippen molar-refractivity contribution < 1.29 is 14.3 Å². The Bertz CT molecular complexity index is 990. The van der Waals surface area contributed by atoms with Gasteiger partial charge in [0.2, 0.25) is 5.91 Å². The molecule has 5 nitrogen and oxygen atoms in total. The van der Waals surface area contributed by atoms with E-state index < -0.39 is 0 Å². The molecule has 0 saturated carbocycles. The molecular weight excluding hydrogens is 372 g/mol. The number of ether oxygens (including phenoxy) is 2. The number of fused-ring (bicyclic) bond motifs is 1. The second-order valence-electron chi connectivity index (χ2n) is 6.59. The summed E-state index contributed by atoms with van der Waals surface area (Å²) in [4.78, 5) is 18.7. The van der Waals surface area contributed by atoms with Crippen LogP contribution < -0.4 is 9.47 Å². The van der Waals surface area contributed by atoms with Crippen molar-refractivity contribution in [3.63, 3.8) is 0 Å². The van der Waals surface area contributed by atoms with Gasteiger partial charge in [0.05, 0.1) is 35.4 Å². The largest absolute Gasteiger partial charge is 0.497 e. The smallest absolute Gasteiger partial charge is 0.235 e. The molecule has 0 bridgehead atoms. The summed E-state index contributed by atoms with van der Waals surface area (Å²) in [5.74, 6) is 1.43. The van der Waals surface area contributed by atoms with Gasteiger partial charge in [0.25, 0.3) is 0 Å². The van der Waals surface area contributed by atoms with E-state index in [1.54, 1.807) is 33.2 Å². The van der Waals surface area contributed by atoms with Crippen molar-refractivity contribution in [1.82, 2.24) is 9.88 Å². The van der Waals surface area contributed by atoms with Crippen LogP contribution in [0.4, 0.5) is 0 Å². The normalized spacial score (nSPS) is 11.9. The Morgan fingerprint density at radius 2 is 1.79 bits per heavy atom. The number of aromatic nitrogens is 1. The summed E-state index contributed by atoms with van der Waals surface area (Å²) >= 11 is 1.45. The highest BCUT2D eigenvalue weighted by atomic mass is 32.2. The molecule has 0 aliphatic rings. The minimum Gasteiger partial charge on any atom is -0.497 e. The number of pyridine rings is 1. The predicted octanol–water partition coefficient (Wildman–Crippen LogP) is 4.49. The maximum atomic E-state index is 12.3. The first-order valence-electron chi connectivity index (χ1n) is 8.94. The van der Waals surface area contributed by atoms with Gasteiger partial charge in [-0.2, -0.15) is 0 Å². The number of nitrogens with zero attached hydrogens (tertiary/aromatic N) is 2. The fraction of sp³-hybridized carbons (Fsp3) is 0.273. The van der Waals surface area contributed by atoms with Crippen LogP contribution in [-0.2, 0) is 4.79 Å². The molecule has 0 unspecified atom stereocenters. The van der Waals surface area contributed by atoms with Gasteiger partial charge in [0.1, 0.15) is 11.5 Å². The molecule has 1 heterocycles. The second-order valence-corrected chi connectivity index (χ2v) is 7.95. The van der Waals surface area contributed by atoms with Gasteiger partial charge in [-0.3, -0.25) is 4.79 Å². The van der Waals surface area contributed by atoms with Gasteiger partial charge >= 0.3 is 0 Å². The van der Waals surface area contributed by atoms with Gasteiger partial charge in [-0.05, 0) is 24.1 Å². The molecule has 0 aliphatic carbocycles. The van der Waals surface area contributed by atoms with E-state index in [2.05, 4.69) is 12.1 Å². The molecule has 0 N–H and O–H groups in total. The van der Waals surface area contributed by atoms with E-state index in [1.807, 2.05) is 43.3 Å². The van der Waals surface area contributed by atoms with Crippen molar-refractivity contribution in [2.24, 2.45) is 0 Å². The summed E-state index contributed by atoms with van der Waals surface area (Å²) in [5, 5.41) is 1.46. The number of thioether (sulfide) groups is 1. The maximum absolute atomic E-state index is 12.3. The Hall–Kier alpha value is -2.73. The fourth-order valence-electron chi connectivity index (χ4n) is 3.06. The zero-order chi connectivity index (χ0) is 20.3. The van der Waals surface area contributed by atoms with Crippen molar-refractivity contribution in [2.75, 3.05) is 28.3 Å². The van der Waals surface area contributed by atoms with Crippen LogP contribution in [0.1, 0.15) is 6.92 Å². The summed E-state index contributed by atoms with van der Waals surface area (Å²) < 4.78 is 11.0. The third-order valence-electron chi connectivity index (χ3n) is 4.45. The van der Waals surface area contributed by atoms with Crippen molar-refractivity contribution in [3.8, 4) is 22.6 Å². The Morgan fingerprint density at radius 1 is 1.07 bits per heavy atom. The first-order chi connectivity index (χ1) is 13.4. The highest BCUT2D eigenvalue weighted by molar-refractivity contribution is 8.00. The highest BCUT2D eigenvalue weighted by Crippen LogP contribution is 2.40. The zero-order valence-corrected chi connectivity index (χ0v) is 17.5. The average molecular weight is 397 g/mol. The molecule has 0 saturated heterocycles. The summed E-state index contributed by atoms with van der Waals surface area (Å²) in [7, 11) is 6.79. The molecule has 0 aliphatic heterocycles. The van der Waals surface area contributed by atoms with Gasteiger partial charge in [-0.25, -0.2) is 4.98 Å². The van der Waals surface area contributed by atoms with Crippen LogP contribution in [0.3, 0.4) is 0 Å². The molecule has 146 valence electrons. The number of amides is 1. The third-order valence-corrected chi connectivity index (χ3v) is 5.45. The van der Waals surface area contributed by atoms with Gasteiger partial charge in [0, 0.05) is 26.2 Å². The van der Waals surface area contributed by atoms with Crippen LogP contribution in [0.5, 0.6) is 11.5 Å². The Balaban J connectivity index is 2.20. The quantitative estimate of drug-likeness (QED) is 0.575. The Morgan fingerprint density at radius 3 is 2.39 bits per heavy atom. The molecule has 3 rings (SSSR count). The van der Waals surface area contributed by atoms with E-state index in [1.165, 1.54) is 11.8 Å². The number of carbonyl (C=O) groups is 1. The van der Waals surface area contributed by atoms with E-state index in [9.17, 15) is 4.79 Å². The molecule has 2 aromatic carbocycles. The molecule has 1 amide bonds. The molecule has 0 spiro atoms. The fourth-order valence-corrected chi connectivity index (χ4v) is 4.07. The molecule has 1 aromatic heterocycles. The van der Waals surface area contributed by atoms with Crippen LogP contribution >= 0.6 is 11.8 Å². The van der Waals surface area contributed by atoms with Crippen molar-refractivity contribution >= 4 is 28.6 Å². The monoisotopic (exact) mass is 396 g/mol. The lowest BCUT2D eigenvalue weighted by Gasteiger charge is -2.18. The maximum Gasteiger partial charge on any atom is 0.235 e. The van der Waals surface area contributed by atoms with E-state index in [0.29, 0.717) is 11.5 Å². The summed E-state index contributed by atoms with van der Waals surface area (Å²) in [6.07, 6.45) is 0. The standard InChI is InChI=1S/C22H24N2O3S/c1-14(22(25)24(2)3)28-20-13-17(15-9-7-6-8-10-15)21-18(23-20)11-16(26-4)12-19(21)27-5/h6-14H,1-5H3/t14-/m0/s1. The van der Waals surface area contributed by atoms with Gasteiger partial charge < -0.3 is 14.4 Å². The van der Waals surface area contributed by atoms with Crippen LogP contribution in [0.25, 0.3) is 22.0 Å². The van der Waals surface area contributed by atoms with E-state index in [0.717, 1.165) is 27.1 Å². The lowest BCUT2D eigenvalue weighted by atomic mass is 10.0. The molecular formula is C22H24N2O3S. The highest BCUT2D eigenvalue weighted by Gasteiger charge is 2.20. The zero-order valence-electron chi connectivity index (χ0n) is 16.7. The SMILES string of the molecule is COc1cc(OC)c2c(-c3ccccc3)cc(S[C@@H](C)C(=O)N(C)C)nc2c1. The summed E-state index contributed by atoms with van der Waals surface area (Å²) in [6, 6.07) is 15.9. The number of benzene rings is 2. The molecule has 0 radical (unpaired) electrons. The second kappa shape index (κ2) is 8.52. The molecule has 6 heteroatoms. The number of methoxy groups -OCH3 is 2. The van der Waals surface area contributed by atoms with Crippen LogP contribution in [0.2, 0.25) is 0 Å². The third kappa shape index (κ3) is 4.07. The molecule has 1 atom stereocenters. The summed E-state index contributed by atoms with van der Waals surface area (Å²) in [6.45, 7) is 1.90. The number of hydrogen-bond acceptors (Lipinski definition) is 5. The first-order valence-corrected chi connectivity index (χ1v) is 9.82. The Kier molecular flexibility index (Phi) is 6.09. The van der Waals surface area contributed by atoms with Crippen LogP contribution in [-0.4, -0.2) is 49.4 Å². The minimum absolute atomic E-state index is 0.0522. The average Bonchev–Trinajstić information content (AvgIpc) is 2.71. The topological polar surface area (TPSA) is 51.7 Å². The predicted molar refractivity (Wildman–Crippen MR) is 114 cm³/mol. The molecule has 0 fully saturated rings. The Labute approximate surface area is 169 Å². The first kappa shape index (κ1) is 20.0. The van der Waals surface area contributed by atoms with Gasteiger partial charge in [-0.1, -0.05) is 42.1 Å². The van der Waals surface area contributed by atoms with E-state index >= 15 is 0 Å². The number of hydrogen-bond donors (Lipinski definition) is 0. The van der Waals surface area contributed by atoms with E-state index in [-0.39, 0.29) is 11.2 Å². The van der Waals surface area contributed by atoms with Crippen molar-refractivity contribution in [2.45, 2.75) is 17.2 Å². The molecule has 28 heavy (non-hydrogen) atoms. The van der Waals surface area contributed by atoms with Crippen molar-refractivity contribution in [1.29, 1.82) is 0 Å².